The molecule has 0 bridgehead atoms. The number of methoxy groups -OCH3 is 1. The van der Waals surface area contributed by atoms with Crippen molar-refractivity contribution in [2.45, 2.75) is 6.04 Å². The van der Waals surface area contributed by atoms with Crippen LogP contribution in [0.15, 0.2) is 18.2 Å². The predicted molar refractivity (Wildman–Crippen MR) is 51.5 cm³/mol. The van der Waals surface area contributed by atoms with E-state index in [1.54, 1.807) is 18.2 Å². The molecule has 2 rings (SSSR count). The molecule has 0 saturated carbocycles. The molecule has 1 aromatic carbocycles. The fourth-order valence-corrected chi connectivity index (χ4v) is 1.37. The molecule has 5 heteroatoms. The van der Waals surface area contributed by atoms with Crippen molar-refractivity contribution in [3.05, 3.63) is 23.8 Å². The highest BCUT2D eigenvalue weighted by Crippen LogP contribution is 2.33. The van der Waals surface area contributed by atoms with Crippen molar-refractivity contribution in [3.63, 3.8) is 0 Å². The second kappa shape index (κ2) is 3.78. The number of esters is 1. The van der Waals surface area contributed by atoms with Crippen LogP contribution in [0, 0.1) is 0 Å². The van der Waals surface area contributed by atoms with Gasteiger partial charge in [0.1, 0.15) is 6.04 Å². The average Bonchev–Trinajstić information content (AvgIpc) is 2.73. The Labute approximate surface area is 86.7 Å². The van der Waals surface area contributed by atoms with Gasteiger partial charge in [0.05, 0.1) is 7.11 Å². The first-order chi connectivity index (χ1) is 7.22. The molecule has 1 aliphatic heterocycles. The van der Waals surface area contributed by atoms with E-state index in [0.29, 0.717) is 17.1 Å². The van der Waals surface area contributed by atoms with Crippen LogP contribution in [-0.2, 0) is 9.53 Å². The maximum Gasteiger partial charge on any atom is 0.327 e. The molecule has 0 aliphatic carbocycles. The number of hydrogen-bond acceptors (Lipinski definition) is 5. The van der Waals surface area contributed by atoms with Crippen LogP contribution in [0.1, 0.15) is 11.6 Å². The van der Waals surface area contributed by atoms with Gasteiger partial charge in [-0.15, -0.1) is 0 Å². The van der Waals surface area contributed by atoms with Crippen molar-refractivity contribution < 1.29 is 19.0 Å². The zero-order valence-corrected chi connectivity index (χ0v) is 8.23. The summed E-state index contributed by atoms with van der Waals surface area (Å²) in [5, 5.41) is 0. The van der Waals surface area contributed by atoms with E-state index in [2.05, 4.69) is 4.74 Å². The molecule has 1 atom stereocenters. The Balaban J connectivity index is 2.26. The maximum atomic E-state index is 11.2. The minimum Gasteiger partial charge on any atom is -0.468 e. The molecule has 15 heavy (non-hydrogen) atoms. The number of benzene rings is 1. The third kappa shape index (κ3) is 1.73. The van der Waals surface area contributed by atoms with Crippen molar-refractivity contribution in [2.75, 3.05) is 13.9 Å². The highest BCUT2D eigenvalue weighted by Gasteiger charge is 2.20. The second-order valence-corrected chi connectivity index (χ2v) is 3.11. The third-order valence-corrected chi connectivity index (χ3v) is 2.21. The van der Waals surface area contributed by atoms with Gasteiger partial charge in [-0.3, -0.25) is 4.79 Å². The van der Waals surface area contributed by atoms with E-state index < -0.39 is 12.0 Å². The van der Waals surface area contributed by atoms with E-state index in [1.807, 2.05) is 0 Å². The Morgan fingerprint density at radius 3 is 2.93 bits per heavy atom. The van der Waals surface area contributed by atoms with E-state index in [4.69, 9.17) is 15.2 Å². The normalized spacial score (nSPS) is 14.8. The molecule has 0 fully saturated rings. The van der Waals surface area contributed by atoms with Gasteiger partial charge in [-0.1, -0.05) is 6.07 Å². The molecule has 2 N–H and O–H groups in total. The molecule has 0 radical (unpaired) electrons. The SMILES string of the molecule is COC(=O)[C@@H](N)c1ccc2c(c1)OCO2. The van der Waals surface area contributed by atoms with Crippen molar-refractivity contribution >= 4 is 5.97 Å². The van der Waals surface area contributed by atoms with Gasteiger partial charge in [-0.25, -0.2) is 0 Å². The first-order valence-electron chi connectivity index (χ1n) is 4.45. The van der Waals surface area contributed by atoms with E-state index in [9.17, 15) is 4.79 Å². The van der Waals surface area contributed by atoms with Gasteiger partial charge in [0.2, 0.25) is 6.79 Å². The number of hydrogen-bond donors (Lipinski definition) is 1. The summed E-state index contributed by atoms with van der Waals surface area (Å²) < 4.78 is 14.9. The quantitative estimate of drug-likeness (QED) is 0.722. The molecule has 80 valence electrons. The van der Waals surface area contributed by atoms with Gasteiger partial charge in [-0.2, -0.15) is 0 Å². The minimum atomic E-state index is -0.788. The van der Waals surface area contributed by atoms with E-state index in [-0.39, 0.29) is 6.79 Å². The summed E-state index contributed by atoms with van der Waals surface area (Å²) in [6.07, 6.45) is 0. The van der Waals surface area contributed by atoms with Gasteiger partial charge in [-0.05, 0) is 17.7 Å². The van der Waals surface area contributed by atoms with E-state index in [0.717, 1.165) is 0 Å². The first kappa shape index (κ1) is 9.79. The molecule has 0 saturated heterocycles. The number of ether oxygens (including phenoxy) is 3. The Morgan fingerprint density at radius 1 is 1.47 bits per heavy atom. The maximum absolute atomic E-state index is 11.2. The van der Waals surface area contributed by atoms with Gasteiger partial charge >= 0.3 is 5.97 Å². The molecule has 0 aromatic heterocycles. The minimum absolute atomic E-state index is 0.201. The smallest absolute Gasteiger partial charge is 0.327 e. The lowest BCUT2D eigenvalue weighted by Crippen LogP contribution is -2.22. The number of fused-ring (bicyclic) bond motifs is 1. The van der Waals surface area contributed by atoms with Gasteiger partial charge in [0.25, 0.3) is 0 Å². The Kier molecular flexibility index (Phi) is 2.47. The monoisotopic (exact) mass is 209 g/mol. The van der Waals surface area contributed by atoms with Gasteiger partial charge in [0.15, 0.2) is 11.5 Å². The summed E-state index contributed by atoms with van der Waals surface area (Å²) in [5.41, 5.74) is 6.32. The molecular formula is C10H11NO4. The summed E-state index contributed by atoms with van der Waals surface area (Å²) in [4.78, 5) is 11.2. The lowest BCUT2D eigenvalue weighted by atomic mass is 10.1. The summed E-state index contributed by atoms with van der Waals surface area (Å²) in [5.74, 6) is 0.788. The summed E-state index contributed by atoms with van der Waals surface area (Å²) in [6.45, 7) is 0.201. The lowest BCUT2D eigenvalue weighted by Gasteiger charge is -2.09. The Morgan fingerprint density at radius 2 is 2.20 bits per heavy atom. The molecule has 1 aromatic rings. The molecular weight excluding hydrogens is 198 g/mol. The van der Waals surface area contributed by atoms with Crippen LogP contribution < -0.4 is 15.2 Å². The molecule has 1 aliphatic rings. The Bertz CT molecular complexity index is 391. The summed E-state index contributed by atoms with van der Waals surface area (Å²) in [7, 11) is 1.30. The van der Waals surface area contributed by atoms with E-state index in [1.165, 1.54) is 7.11 Å². The summed E-state index contributed by atoms with van der Waals surface area (Å²) >= 11 is 0. The molecule has 5 nitrogen and oxygen atoms in total. The van der Waals surface area contributed by atoms with Crippen molar-refractivity contribution in [2.24, 2.45) is 5.73 Å². The topological polar surface area (TPSA) is 70.8 Å². The van der Waals surface area contributed by atoms with Crippen LogP contribution in [0.25, 0.3) is 0 Å². The number of nitrogens with two attached hydrogens (primary N) is 1. The van der Waals surface area contributed by atoms with Crippen molar-refractivity contribution in [3.8, 4) is 11.5 Å². The van der Waals surface area contributed by atoms with Crippen LogP contribution in [0.5, 0.6) is 11.5 Å². The largest absolute Gasteiger partial charge is 0.468 e. The van der Waals surface area contributed by atoms with Crippen LogP contribution >= 0.6 is 0 Å². The highest BCUT2D eigenvalue weighted by atomic mass is 16.7. The standard InChI is InChI=1S/C10H11NO4/c1-13-10(12)9(11)6-2-3-7-8(4-6)15-5-14-7/h2-4,9H,5,11H2,1H3/t9-/m0/s1. The third-order valence-electron chi connectivity index (χ3n) is 2.21. The van der Waals surface area contributed by atoms with Gasteiger partial charge in [0, 0.05) is 0 Å². The lowest BCUT2D eigenvalue weighted by molar-refractivity contribution is -0.142. The fourth-order valence-electron chi connectivity index (χ4n) is 1.37. The zero-order chi connectivity index (χ0) is 10.8. The summed E-state index contributed by atoms with van der Waals surface area (Å²) in [6, 6.07) is 4.34. The molecule has 0 amide bonds. The van der Waals surface area contributed by atoms with Crippen molar-refractivity contribution in [1.29, 1.82) is 0 Å². The number of carbonyl (C=O) groups excluding carboxylic acids is 1. The van der Waals surface area contributed by atoms with Crippen molar-refractivity contribution in [1.82, 2.24) is 0 Å². The fraction of sp³-hybridized carbons (Fsp3) is 0.300. The van der Waals surface area contributed by atoms with Crippen LogP contribution in [-0.4, -0.2) is 19.9 Å². The van der Waals surface area contributed by atoms with E-state index >= 15 is 0 Å². The van der Waals surface area contributed by atoms with Gasteiger partial charge < -0.3 is 19.9 Å². The second-order valence-electron chi connectivity index (χ2n) is 3.11. The van der Waals surface area contributed by atoms with Crippen LogP contribution in [0.4, 0.5) is 0 Å². The molecule has 1 heterocycles. The van der Waals surface area contributed by atoms with Crippen LogP contribution in [0.2, 0.25) is 0 Å². The molecule has 0 unspecified atom stereocenters. The molecule has 0 spiro atoms. The zero-order valence-electron chi connectivity index (χ0n) is 8.23. The average molecular weight is 209 g/mol. The highest BCUT2D eigenvalue weighted by molar-refractivity contribution is 5.77. The number of carbonyl (C=O) groups is 1. The number of rotatable bonds is 2. The van der Waals surface area contributed by atoms with Crippen LogP contribution in [0.3, 0.4) is 0 Å². The predicted octanol–water partition coefficient (Wildman–Crippen LogP) is 0.588. The first-order valence-corrected chi connectivity index (χ1v) is 4.45. The Hall–Kier alpha value is -1.75.